The Morgan fingerprint density at radius 3 is 2.50 bits per heavy atom. The average molecular weight is 560 g/mol. The van der Waals surface area contributed by atoms with Gasteiger partial charge in [0.2, 0.25) is 11.8 Å². The summed E-state index contributed by atoms with van der Waals surface area (Å²) in [6, 6.07) is -0.845. The van der Waals surface area contributed by atoms with E-state index in [9.17, 15) is 14.4 Å². The second-order valence-electron chi connectivity index (χ2n) is 11.9. The Morgan fingerprint density at radius 2 is 1.70 bits per heavy atom. The van der Waals surface area contributed by atoms with E-state index in [1.165, 1.54) is 0 Å². The van der Waals surface area contributed by atoms with Crippen molar-refractivity contribution >= 4 is 17.8 Å². The van der Waals surface area contributed by atoms with Crippen molar-refractivity contribution in [3.8, 4) is 0 Å². The zero-order valence-corrected chi connectivity index (χ0v) is 23.8. The SMILES string of the molecule is C[C@@]12/C=C\CCCCOC(=O)[C@@H]1[C@H]1C(=O)N(CCCCCCO)C3C(=O)N(CCN4CCOCC4)CC=C[C@@]31O2. The summed E-state index contributed by atoms with van der Waals surface area (Å²) >= 11 is 0. The van der Waals surface area contributed by atoms with Crippen LogP contribution < -0.4 is 0 Å². The minimum absolute atomic E-state index is 0.130. The smallest absolute Gasteiger partial charge is 0.313 e. The molecule has 1 unspecified atom stereocenters. The number of rotatable bonds is 9. The maximum atomic E-state index is 14.4. The van der Waals surface area contributed by atoms with Gasteiger partial charge >= 0.3 is 5.97 Å². The van der Waals surface area contributed by atoms with E-state index in [-0.39, 0.29) is 18.4 Å². The number of allylic oxidation sites excluding steroid dienone is 1. The first-order chi connectivity index (χ1) is 19.4. The van der Waals surface area contributed by atoms with Gasteiger partial charge in [-0.25, -0.2) is 0 Å². The van der Waals surface area contributed by atoms with Crippen LogP contribution in [-0.2, 0) is 28.6 Å². The number of carbonyl (C=O) groups is 3. The molecule has 5 atom stereocenters. The van der Waals surface area contributed by atoms with E-state index in [1.54, 1.807) is 4.90 Å². The van der Waals surface area contributed by atoms with E-state index in [0.717, 1.165) is 51.7 Å². The molecule has 0 aliphatic carbocycles. The summed E-state index contributed by atoms with van der Waals surface area (Å²) < 4.78 is 18.0. The number of ether oxygens (including phenoxy) is 3. The predicted molar refractivity (Wildman–Crippen MR) is 147 cm³/mol. The van der Waals surface area contributed by atoms with Crippen LogP contribution in [0.5, 0.6) is 0 Å². The second-order valence-corrected chi connectivity index (χ2v) is 11.9. The molecule has 3 saturated heterocycles. The fraction of sp³-hybridized carbons (Fsp3) is 0.767. The molecule has 0 aromatic carbocycles. The number of aliphatic hydroxyl groups is 1. The van der Waals surface area contributed by atoms with Crippen molar-refractivity contribution < 1.29 is 33.7 Å². The molecular weight excluding hydrogens is 514 g/mol. The van der Waals surface area contributed by atoms with Gasteiger partial charge in [0.05, 0.1) is 31.3 Å². The van der Waals surface area contributed by atoms with Gasteiger partial charge in [-0.05, 0) is 39.0 Å². The van der Waals surface area contributed by atoms with E-state index < -0.39 is 35.0 Å². The molecule has 10 heteroatoms. The average Bonchev–Trinajstić information content (AvgIpc) is 3.27. The molecule has 0 aromatic rings. The third-order valence-corrected chi connectivity index (χ3v) is 9.18. The monoisotopic (exact) mass is 559 g/mol. The summed E-state index contributed by atoms with van der Waals surface area (Å²) in [5.74, 6) is -2.45. The van der Waals surface area contributed by atoms with E-state index in [2.05, 4.69) is 4.90 Å². The lowest BCUT2D eigenvalue weighted by Crippen LogP contribution is -2.56. The molecule has 10 nitrogen and oxygen atoms in total. The van der Waals surface area contributed by atoms with Crippen LogP contribution in [0, 0.1) is 11.8 Å². The van der Waals surface area contributed by atoms with Crippen molar-refractivity contribution in [2.45, 2.75) is 69.1 Å². The number of nitrogens with zero attached hydrogens (tertiary/aromatic N) is 3. The molecule has 0 bridgehead atoms. The lowest BCUT2D eigenvalue weighted by atomic mass is 9.74. The van der Waals surface area contributed by atoms with Gasteiger partial charge in [0.1, 0.15) is 17.6 Å². The van der Waals surface area contributed by atoms with E-state index in [4.69, 9.17) is 19.3 Å². The number of hydrogen-bond donors (Lipinski definition) is 1. The van der Waals surface area contributed by atoms with Crippen LogP contribution in [0.15, 0.2) is 24.3 Å². The van der Waals surface area contributed by atoms with Gasteiger partial charge in [0, 0.05) is 45.9 Å². The summed E-state index contributed by atoms with van der Waals surface area (Å²) in [6.45, 7) is 7.48. The fourth-order valence-corrected chi connectivity index (χ4v) is 7.12. The van der Waals surface area contributed by atoms with Gasteiger partial charge in [-0.3, -0.25) is 19.3 Å². The van der Waals surface area contributed by atoms with Crippen molar-refractivity contribution in [1.82, 2.24) is 14.7 Å². The minimum Gasteiger partial charge on any atom is -0.465 e. The normalized spacial score (nSPS) is 35.6. The maximum absolute atomic E-state index is 14.4. The van der Waals surface area contributed by atoms with Crippen molar-refractivity contribution in [2.75, 3.05) is 65.7 Å². The summed E-state index contributed by atoms with van der Waals surface area (Å²) in [5, 5.41) is 9.16. The Hall–Kier alpha value is -2.27. The van der Waals surface area contributed by atoms with Crippen LogP contribution in [0.3, 0.4) is 0 Å². The number of hydrogen-bond acceptors (Lipinski definition) is 8. The van der Waals surface area contributed by atoms with Gasteiger partial charge in [-0.15, -0.1) is 0 Å². The summed E-state index contributed by atoms with van der Waals surface area (Å²) in [4.78, 5) is 48.0. The van der Waals surface area contributed by atoms with Crippen molar-refractivity contribution in [3.05, 3.63) is 24.3 Å². The largest absolute Gasteiger partial charge is 0.465 e. The van der Waals surface area contributed by atoms with Crippen molar-refractivity contribution in [2.24, 2.45) is 11.8 Å². The van der Waals surface area contributed by atoms with Gasteiger partial charge in [-0.1, -0.05) is 37.1 Å². The quantitative estimate of drug-likeness (QED) is 0.257. The van der Waals surface area contributed by atoms with E-state index in [0.29, 0.717) is 52.3 Å². The molecule has 1 spiro atoms. The van der Waals surface area contributed by atoms with Crippen LogP contribution in [0.2, 0.25) is 0 Å². The lowest BCUT2D eigenvalue weighted by Gasteiger charge is -2.38. The second kappa shape index (κ2) is 12.7. The molecule has 5 aliphatic heterocycles. The lowest BCUT2D eigenvalue weighted by molar-refractivity contribution is -0.160. The zero-order chi connectivity index (χ0) is 28.2. The van der Waals surface area contributed by atoms with Crippen LogP contribution in [0.1, 0.15) is 51.9 Å². The van der Waals surface area contributed by atoms with Crippen molar-refractivity contribution in [1.29, 1.82) is 0 Å². The molecule has 3 fully saturated rings. The number of aliphatic hydroxyl groups excluding tert-OH is 1. The first-order valence-electron chi connectivity index (χ1n) is 15.1. The molecule has 5 aliphatic rings. The van der Waals surface area contributed by atoms with Crippen molar-refractivity contribution in [3.63, 3.8) is 0 Å². The number of cyclic esters (lactones) is 1. The molecule has 5 heterocycles. The van der Waals surface area contributed by atoms with Crippen LogP contribution >= 0.6 is 0 Å². The third-order valence-electron chi connectivity index (χ3n) is 9.18. The van der Waals surface area contributed by atoms with Crippen LogP contribution in [-0.4, -0.2) is 121 Å². The summed E-state index contributed by atoms with van der Waals surface area (Å²) in [5.41, 5.74) is -2.31. The summed E-state index contributed by atoms with van der Waals surface area (Å²) in [7, 11) is 0. The summed E-state index contributed by atoms with van der Waals surface area (Å²) in [6.07, 6.45) is 13.4. The van der Waals surface area contributed by atoms with E-state index in [1.807, 2.05) is 36.1 Å². The number of fused-ring (bicyclic) bond motifs is 2. The molecule has 222 valence electrons. The standard InChI is InChI=1S/C30H45N3O7/c1-29-11-6-2-5-9-20-39-28(37)24(29)23-26(35)33(14-7-3-4-8-19-34)25-27(36)32(13-10-12-30(23,25)40-29)16-15-31-17-21-38-22-18-31/h6,10-12,23-25,34H,2-5,7-9,13-22H2,1H3/b11-6-/t23-,24-,25?,29+,30-/m0/s1. The minimum atomic E-state index is -1.25. The Morgan fingerprint density at radius 1 is 0.900 bits per heavy atom. The fourth-order valence-electron chi connectivity index (χ4n) is 7.12. The molecule has 5 rings (SSSR count). The molecule has 0 saturated carbocycles. The molecule has 0 aromatic heterocycles. The number of esters is 1. The number of likely N-dealkylation sites (tertiary alicyclic amines) is 1. The number of morpholine rings is 1. The topological polar surface area (TPSA) is 109 Å². The number of unbranched alkanes of at least 4 members (excludes halogenated alkanes) is 3. The Balaban J connectivity index is 1.46. The number of amides is 2. The Bertz CT molecular complexity index is 996. The van der Waals surface area contributed by atoms with E-state index >= 15 is 0 Å². The molecule has 2 amide bonds. The highest BCUT2D eigenvalue weighted by atomic mass is 16.6. The third kappa shape index (κ3) is 5.60. The first-order valence-corrected chi connectivity index (χ1v) is 15.1. The Labute approximate surface area is 237 Å². The highest BCUT2D eigenvalue weighted by molar-refractivity contribution is 5.99. The van der Waals surface area contributed by atoms with Gasteiger partial charge in [-0.2, -0.15) is 0 Å². The first kappa shape index (κ1) is 29.2. The van der Waals surface area contributed by atoms with Gasteiger partial charge in [0.25, 0.3) is 0 Å². The molecule has 0 radical (unpaired) electrons. The zero-order valence-electron chi connectivity index (χ0n) is 23.8. The molecule has 40 heavy (non-hydrogen) atoms. The predicted octanol–water partition coefficient (Wildman–Crippen LogP) is 1.52. The maximum Gasteiger partial charge on any atom is 0.313 e. The highest BCUT2D eigenvalue weighted by Crippen LogP contribution is 2.57. The Kier molecular flexibility index (Phi) is 9.29. The van der Waals surface area contributed by atoms with Crippen LogP contribution in [0.25, 0.3) is 0 Å². The number of carbonyl (C=O) groups excluding carboxylic acids is 3. The van der Waals surface area contributed by atoms with Crippen LogP contribution in [0.4, 0.5) is 0 Å². The van der Waals surface area contributed by atoms with Gasteiger partial charge in [0.15, 0.2) is 0 Å². The molecule has 1 N–H and O–H groups in total. The molecular formula is C30H45N3O7. The van der Waals surface area contributed by atoms with Gasteiger partial charge < -0.3 is 29.1 Å². The highest BCUT2D eigenvalue weighted by Gasteiger charge is 2.74.